The molecule has 5 heteroatoms. The van der Waals surface area contributed by atoms with Crippen LogP contribution in [0, 0.1) is 5.92 Å². The molecular formula is C12H21N5. The second kappa shape index (κ2) is 5.93. The Balaban J connectivity index is 1.63. The zero-order valence-corrected chi connectivity index (χ0v) is 10.4. The van der Waals surface area contributed by atoms with Crippen LogP contribution in [-0.4, -0.2) is 41.5 Å². The third kappa shape index (κ3) is 3.94. The first kappa shape index (κ1) is 12.3. The molecule has 1 aromatic heterocycles. The molecule has 94 valence electrons. The third-order valence-corrected chi connectivity index (χ3v) is 3.23. The number of anilines is 1. The molecule has 5 nitrogen and oxygen atoms in total. The van der Waals surface area contributed by atoms with E-state index in [4.69, 9.17) is 5.73 Å². The first-order chi connectivity index (χ1) is 8.24. The van der Waals surface area contributed by atoms with Crippen LogP contribution in [0.5, 0.6) is 0 Å². The molecule has 0 spiro atoms. The van der Waals surface area contributed by atoms with Crippen LogP contribution in [-0.2, 0) is 6.54 Å². The smallest absolute Gasteiger partial charge is 0.144 e. The Morgan fingerprint density at radius 1 is 1.59 bits per heavy atom. The Morgan fingerprint density at radius 2 is 2.47 bits per heavy atom. The molecule has 1 unspecified atom stereocenters. The molecule has 0 radical (unpaired) electrons. The molecule has 2 rings (SSSR count). The average Bonchev–Trinajstić information content (AvgIpc) is 2.71. The van der Waals surface area contributed by atoms with Gasteiger partial charge in [-0.05, 0) is 45.0 Å². The minimum absolute atomic E-state index is 0.536. The van der Waals surface area contributed by atoms with Gasteiger partial charge in [0.1, 0.15) is 11.6 Å². The van der Waals surface area contributed by atoms with E-state index in [0.29, 0.717) is 12.4 Å². The van der Waals surface area contributed by atoms with Crippen LogP contribution in [0.3, 0.4) is 0 Å². The van der Waals surface area contributed by atoms with Gasteiger partial charge in [0.05, 0.1) is 6.54 Å². The van der Waals surface area contributed by atoms with Gasteiger partial charge in [-0.3, -0.25) is 0 Å². The number of nitrogens with one attached hydrogen (secondary N) is 1. The lowest BCUT2D eigenvalue weighted by molar-refractivity contribution is 0.384. The summed E-state index contributed by atoms with van der Waals surface area (Å²) < 4.78 is 0. The van der Waals surface area contributed by atoms with E-state index >= 15 is 0 Å². The van der Waals surface area contributed by atoms with E-state index in [1.807, 2.05) is 0 Å². The molecule has 1 atom stereocenters. The summed E-state index contributed by atoms with van der Waals surface area (Å²) in [6.45, 7) is 4.20. The fourth-order valence-corrected chi connectivity index (χ4v) is 2.27. The number of nitrogens with two attached hydrogens (primary N) is 1. The summed E-state index contributed by atoms with van der Waals surface area (Å²) in [7, 11) is 2.19. The number of aromatic nitrogens is 2. The Kier molecular flexibility index (Phi) is 4.28. The first-order valence-corrected chi connectivity index (χ1v) is 6.20. The molecule has 0 saturated carbocycles. The van der Waals surface area contributed by atoms with Crippen molar-refractivity contribution in [3.63, 3.8) is 0 Å². The average molecular weight is 235 g/mol. The van der Waals surface area contributed by atoms with Gasteiger partial charge < -0.3 is 16.0 Å². The molecule has 1 aromatic rings. The normalized spacial score (nSPS) is 20.9. The topological polar surface area (TPSA) is 67.1 Å². The molecule has 0 bridgehead atoms. The summed E-state index contributed by atoms with van der Waals surface area (Å²) in [5.74, 6) is 2.15. The number of hydrogen-bond acceptors (Lipinski definition) is 5. The molecule has 0 aliphatic carbocycles. The van der Waals surface area contributed by atoms with Gasteiger partial charge in [0, 0.05) is 12.7 Å². The maximum atomic E-state index is 5.59. The minimum atomic E-state index is 0.536. The van der Waals surface area contributed by atoms with Crippen LogP contribution < -0.4 is 11.1 Å². The summed E-state index contributed by atoms with van der Waals surface area (Å²) in [4.78, 5) is 10.7. The van der Waals surface area contributed by atoms with Gasteiger partial charge in [0.15, 0.2) is 0 Å². The second-order valence-electron chi connectivity index (χ2n) is 4.78. The van der Waals surface area contributed by atoms with Crippen LogP contribution in [0.25, 0.3) is 0 Å². The first-order valence-electron chi connectivity index (χ1n) is 6.20. The van der Waals surface area contributed by atoms with Crippen molar-refractivity contribution >= 4 is 5.82 Å². The summed E-state index contributed by atoms with van der Waals surface area (Å²) in [5.41, 5.74) is 5.59. The van der Waals surface area contributed by atoms with Crippen molar-refractivity contribution in [3.8, 4) is 0 Å². The van der Waals surface area contributed by atoms with E-state index < -0.39 is 0 Å². The van der Waals surface area contributed by atoms with Crippen molar-refractivity contribution in [1.82, 2.24) is 20.2 Å². The van der Waals surface area contributed by atoms with E-state index in [9.17, 15) is 0 Å². The predicted molar refractivity (Wildman–Crippen MR) is 68.4 cm³/mol. The van der Waals surface area contributed by atoms with Crippen LogP contribution >= 0.6 is 0 Å². The molecule has 1 aliphatic heterocycles. The zero-order chi connectivity index (χ0) is 12.1. The van der Waals surface area contributed by atoms with Crippen molar-refractivity contribution in [3.05, 3.63) is 18.1 Å². The van der Waals surface area contributed by atoms with Crippen molar-refractivity contribution < 1.29 is 0 Å². The zero-order valence-electron chi connectivity index (χ0n) is 10.4. The van der Waals surface area contributed by atoms with Gasteiger partial charge in [0.25, 0.3) is 0 Å². The number of nitrogens with zero attached hydrogens (tertiary/aromatic N) is 3. The van der Waals surface area contributed by atoms with Crippen LogP contribution in [0.4, 0.5) is 5.82 Å². The van der Waals surface area contributed by atoms with Gasteiger partial charge >= 0.3 is 0 Å². The van der Waals surface area contributed by atoms with Crippen molar-refractivity contribution in [1.29, 1.82) is 0 Å². The standard InChI is InChI=1S/C12H21N5/c1-17-7-4-10(9-17)2-5-14-8-12-15-6-3-11(13)16-12/h3,6,10,14H,2,4-5,7-9H2,1H3,(H2,13,15,16). The minimum Gasteiger partial charge on any atom is -0.384 e. The summed E-state index contributed by atoms with van der Waals surface area (Å²) in [6, 6.07) is 1.71. The van der Waals surface area contributed by atoms with Crippen molar-refractivity contribution in [2.45, 2.75) is 19.4 Å². The number of hydrogen-bond donors (Lipinski definition) is 2. The van der Waals surface area contributed by atoms with Gasteiger partial charge in [-0.1, -0.05) is 0 Å². The highest BCUT2D eigenvalue weighted by Crippen LogP contribution is 2.16. The summed E-state index contributed by atoms with van der Waals surface area (Å²) in [6.07, 6.45) is 4.25. The highest BCUT2D eigenvalue weighted by atomic mass is 15.1. The van der Waals surface area contributed by atoms with Crippen LogP contribution in [0.2, 0.25) is 0 Å². The van der Waals surface area contributed by atoms with E-state index in [1.54, 1.807) is 12.3 Å². The lowest BCUT2D eigenvalue weighted by Gasteiger charge is -2.10. The molecule has 1 aliphatic rings. The highest BCUT2D eigenvalue weighted by molar-refractivity contribution is 5.24. The van der Waals surface area contributed by atoms with E-state index in [1.165, 1.54) is 25.9 Å². The van der Waals surface area contributed by atoms with Gasteiger partial charge in [-0.15, -0.1) is 0 Å². The predicted octanol–water partition coefficient (Wildman–Crippen LogP) is 0.490. The van der Waals surface area contributed by atoms with Gasteiger partial charge in [-0.2, -0.15) is 0 Å². The van der Waals surface area contributed by atoms with Gasteiger partial charge in [-0.25, -0.2) is 9.97 Å². The molecule has 17 heavy (non-hydrogen) atoms. The fourth-order valence-electron chi connectivity index (χ4n) is 2.27. The summed E-state index contributed by atoms with van der Waals surface area (Å²) in [5, 5.41) is 3.37. The number of nitrogen functional groups attached to an aromatic ring is 1. The van der Waals surface area contributed by atoms with Gasteiger partial charge in [0.2, 0.25) is 0 Å². The Labute approximate surface area is 102 Å². The second-order valence-corrected chi connectivity index (χ2v) is 4.78. The maximum absolute atomic E-state index is 5.59. The largest absolute Gasteiger partial charge is 0.384 e. The molecular weight excluding hydrogens is 214 g/mol. The maximum Gasteiger partial charge on any atom is 0.144 e. The van der Waals surface area contributed by atoms with E-state index in [-0.39, 0.29) is 0 Å². The Morgan fingerprint density at radius 3 is 3.18 bits per heavy atom. The fraction of sp³-hybridized carbons (Fsp3) is 0.667. The lowest BCUT2D eigenvalue weighted by atomic mass is 10.1. The quantitative estimate of drug-likeness (QED) is 0.727. The molecule has 2 heterocycles. The molecule has 1 saturated heterocycles. The molecule has 0 amide bonds. The Hall–Kier alpha value is -1.20. The summed E-state index contributed by atoms with van der Waals surface area (Å²) >= 11 is 0. The molecule has 1 fully saturated rings. The van der Waals surface area contributed by atoms with E-state index in [2.05, 4.69) is 27.2 Å². The van der Waals surface area contributed by atoms with E-state index in [0.717, 1.165) is 18.3 Å². The molecule has 3 N–H and O–H groups in total. The third-order valence-electron chi connectivity index (χ3n) is 3.23. The van der Waals surface area contributed by atoms with Crippen molar-refractivity contribution in [2.24, 2.45) is 5.92 Å². The van der Waals surface area contributed by atoms with Crippen molar-refractivity contribution in [2.75, 3.05) is 32.4 Å². The Bertz CT molecular complexity index is 355. The monoisotopic (exact) mass is 235 g/mol. The molecule has 0 aromatic carbocycles. The van der Waals surface area contributed by atoms with Crippen LogP contribution in [0.1, 0.15) is 18.7 Å². The number of likely N-dealkylation sites (tertiary alicyclic amines) is 1. The lowest BCUT2D eigenvalue weighted by Crippen LogP contribution is -2.21. The van der Waals surface area contributed by atoms with Crippen LogP contribution in [0.15, 0.2) is 12.3 Å². The SMILES string of the molecule is CN1CCC(CCNCc2nccc(N)n2)C1. The number of rotatable bonds is 5. The highest BCUT2D eigenvalue weighted by Gasteiger charge is 2.18.